The van der Waals surface area contributed by atoms with Gasteiger partial charge in [-0.05, 0) is 43.5 Å². The molecule has 2 aromatic heterocycles. The summed E-state index contributed by atoms with van der Waals surface area (Å²) in [6, 6.07) is 5.47. The zero-order chi connectivity index (χ0) is 16.7. The molecule has 7 heteroatoms. The van der Waals surface area contributed by atoms with E-state index < -0.39 is 0 Å². The lowest BCUT2D eigenvalue weighted by Gasteiger charge is -2.33. The highest BCUT2D eigenvalue weighted by Gasteiger charge is 2.26. The lowest BCUT2D eigenvalue weighted by atomic mass is 10.0. The quantitative estimate of drug-likeness (QED) is 0.754. The van der Waals surface area contributed by atoms with Crippen molar-refractivity contribution in [3.63, 3.8) is 0 Å². The average molecular weight is 325 g/mol. The fourth-order valence-electron chi connectivity index (χ4n) is 3.34. The van der Waals surface area contributed by atoms with Crippen LogP contribution in [0.2, 0.25) is 0 Å². The lowest BCUT2D eigenvalue weighted by Crippen LogP contribution is -2.40. The number of nitrogens with zero attached hydrogens (tertiary/aromatic N) is 3. The molecule has 1 fully saturated rings. The maximum atomic E-state index is 12.8. The van der Waals surface area contributed by atoms with E-state index in [-0.39, 0.29) is 17.6 Å². The van der Waals surface area contributed by atoms with Crippen LogP contribution in [-0.2, 0) is 0 Å². The number of amides is 1. The summed E-state index contributed by atoms with van der Waals surface area (Å²) < 4.78 is 1.96. The highest BCUT2D eigenvalue weighted by molar-refractivity contribution is 5.97. The molecule has 1 aliphatic heterocycles. The molecule has 1 unspecified atom stereocenters. The van der Waals surface area contributed by atoms with Crippen LogP contribution in [0.25, 0.3) is 11.0 Å². The molecule has 0 radical (unpaired) electrons. The van der Waals surface area contributed by atoms with Gasteiger partial charge in [-0.25, -0.2) is 4.79 Å². The molecule has 3 heterocycles. The number of carbonyl (C=O) groups is 1. The largest absolute Gasteiger partial charge is 0.337 e. The second-order valence-corrected chi connectivity index (χ2v) is 6.38. The minimum Gasteiger partial charge on any atom is -0.337 e. The van der Waals surface area contributed by atoms with E-state index in [2.05, 4.69) is 15.1 Å². The molecule has 0 aliphatic carbocycles. The van der Waals surface area contributed by atoms with Crippen molar-refractivity contribution < 1.29 is 4.79 Å². The molecule has 0 saturated carbocycles. The number of piperidine rings is 1. The first-order chi connectivity index (χ1) is 11.6. The number of rotatable bonds is 2. The molecule has 3 aromatic rings. The second-order valence-electron chi connectivity index (χ2n) is 6.38. The molecule has 1 saturated heterocycles. The Morgan fingerprint density at radius 2 is 2.12 bits per heavy atom. The first-order valence-corrected chi connectivity index (χ1v) is 8.12. The Kier molecular flexibility index (Phi) is 3.48. The molecule has 1 atom stereocenters. The summed E-state index contributed by atoms with van der Waals surface area (Å²) in [5, 5.41) is 4.38. The minimum atomic E-state index is -0.262. The van der Waals surface area contributed by atoms with Crippen molar-refractivity contribution in [3.8, 4) is 0 Å². The lowest BCUT2D eigenvalue weighted by molar-refractivity contribution is 0.0673. The fourth-order valence-corrected chi connectivity index (χ4v) is 3.34. The van der Waals surface area contributed by atoms with Crippen LogP contribution < -0.4 is 5.69 Å². The minimum absolute atomic E-state index is 0.00692. The molecule has 2 N–H and O–H groups in total. The van der Waals surface area contributed by atoms with Crippen molar-refractivity contribution in [2.24, 2.45) is 0 Å². The summed E-state index contributed by atoms with van der Waals surface area (Å²) in [5.41, 5.74) is 2.82. The topological polar surface area (TPSA) is 86.8 Å². The zero-order valence-electron chi connectivity index (χ0n) is 13.5. The van der Waals surface area contributed by atoms with E-state index in [1.54, 1.807) is 18.2 Å². The molecule has 1 amide bonds. The summed E-state index contributed by atoms with van der Waals surface area (Å²) in [7, 11) is 0. The van der Waals surface area contributed by atoms with Gasteiger partial charge in [0, 0.05) is 24.8 Å². The van der Waals surface area contributed by atoms with Gasteiger partial charge in [0.2, 0.25) is 0 Å². The molecule has 124 valence electrons. The molecule has 24 heavy (non-hydrogen) atoms. The smallest absolute Gasteiger partial charge is 0.323 e. The van der Waals surface area contributed by atoms with E-state index in [0.29, 0.717) is 23.1 Å². The van der Waals surface area contributed by atoms with Crippen LogP contribution in [0, 0.1) is 6.92 Å². The van der Waals surface area contributed by atoms with Crippen LogP contribution in [0.1, 0.15) is 34.8 Å². The number of imidazole rings is 1. The predicted molar refractivity (Wildman–Crippen MR) is 90.1 cm³/mol. The standard InChI is InChI=1S/C17H19N5O2/c1-11-8-18-22(9-11)13-3-2-6-21(10-13)16(23)12-4-5-14-15(7-12)20-17(24)19-14/h4-5,7-9,13H,2-3,6,10H2,1H3,(H2,19,20,24). The van der Waals surface area contributed by atoms with E-state index in [1.165, 1.54) is 0 Å². The van der Waals surface area contributed by atoms with E-state index in [4.69, 9.17) is 0 Å². The molecule has 0 bridgehead atoms. The van der Waals surface area contributed by atoms with Crippen LogP contribution in [0.4, 0.5) is 0 Å². The summed E-state index contributed by atoms with van der Waals surface area (Å²) in [6.45, 7) is 3.42. The van der Waals surface area contributed by atoms with Crippen LogP contribution in [-0.4, -0.2) is 43.6 Å². The highest BCUT2D eigenvalue weighted by Crippen LogP contribution is 2.23. The average Bonchev–Trinajstić information content (AvgIpc) is 3.18. The third-order valence-electron chi connectivity index (χ3n) is 4.55. The molecule has 1 aromatic carbocycles. The van der Waals surface area contributed by atoms with E-state index in [0.717, 1.165) is 24.9 Å². The molecule has 1 aliphatic rings. The number of aromatic nitrogens is 4. The molecular formula is C17H19N5O2. The summed E-state index contributed by atoms with van der Waals surface area (Å²) in [5.74, 6) is -0.00692. The third-order valence-corrected chi connectivity index (χ3v) is 4.55. The van der Waals surface area contributed by atoms with Gasteiger partial charge in [0.25, 0.3) is 5.91 Å². The Labute approximate surface area is 138 Å². The first kappa shape index (κ1) is 14.7. The van der Waals surface area contributed by atoms with E-state index in [9.17, 15) is 9.59 Å². The maximum absolute atomic E-state index is 12.8. The first-order valence-electron chi connectivity index (χ1n) is 8.12. The molecule has 4 rings (SSSR count). The number of hydrogen-bond donors (Lipinski definition) is 2. The van der Waals surface area contributed by atoms with Gasteiger partial charge in [-0.15, -0.1) is 0 Å². The Balaban J connectivity index is 1.57. The molecule has 7 nitrogen and oxygen atoms in total. The number of carbonyl (C=O) groups excluding carboxylic acids is 1. The Morgan fingerprint density at radius 3 is 2.92 bits per heavy atom. The summed E-state index contributed by atoms with van der Waals surface area (Å²) in [6.07, 6.45) is 5.85. The van der Waals surface area contributed by atoms with E-state index >= 15 is 0 Å². The summed E-state index contributed by atoms with van der Waals surface area (Å²) >= 11 is 0. The number of aromatic amines is 2. The van der Waals surface area contributed by atoms with Crippen LogP contribution in [0.15, 0.2) is 35.4 Å². The third kappa shape index (κ3) is 2.62. The van der Waals surface area contributed by atoms with Crippen LogP contribution in [0.3, 0.4) is 0 Å². The SMILES string of the molecule is Cc1cnn(C2CCCN(C(=O)c3ccc4[nH]c(=O)[nH]c4c3)C2)c1. The monoisotopic (exact) mass is 325 g/mol. The Morgan fingerprint density at radius 1 is 1.29 bits per heavy atom. The number of hydrogen-bond acceptors (Lipinski definition) is 3. The Bertz CT molecular complexity index is 951. The number of likely N-dealkylation sites (tertiary alicyclic amines) is 1. The van der Waals surface area contributed by atoms with Crippen molar-refractivity contribution in [1.82, 2.24) is 24.6 Å². The van der Waals surface area contributed by atoms with Crippen molar-refractivity contribution in [2.45, 2.75) is 25.8 Å². The maximum Gasteiger partial charge on any atom is 0.323 e. The number of H-pyrrole nitrogens is 2. The number of nitrogens with one attached hydrogen (secondary N) is 2. The van der Waals surface area contributed by atoms with Crippen molar-refractivity contribution in [2.75, 3.05) is 13.1 Å². The fraction of sp³-hybridized carbons (Fsp3) is 0.353. The van der Waals surface area contributed by atoms with Crippen molar-refractivity contribution in [3.05, 3.63) is 52.2 Å². The van der Waals surface area contributed by atoms with Crippen LogP contribution >= 0.6 is 0 Å². The van der Waals surface area contributed by atoms with Gasteiger partial charge in [-0.1, -0.05) is 0 Å². The van der Waals surface area contributed by atoms with Gasteiger partial charge in [-0.3, -0.25) is 9.48 Å². The predicted octanol–water partition coefficient (Wildman–Crippen LogP) is 1.84. The van der Waals surface area contributed by atoms with E-state index in [1.807, 2.05) is 28.9 Å². The van der Waals surface area contributed by atoms with Crippen molar-refractivity contribution >= 4 is 16.9 Å². The number of aryl methyl sites for hydroxylation is 1. The highest BCUT2D eigenvalue weighted by atomic mass is 16.2. The van der Waals surface area contributed by atoms with Gasteiger partial charge in [0.05, 0.1) is 23.3 Å². The number of fused-ring (bicyclic) bond motifs is 1. The zero-order valence-corrected chi connectivity index (χ0v) is 13.5. The van der Waals surface area contributed by atoms with Gasteiger partial charge in [0.15, 0.2) is 0 Å². The Hall–Kier alpha value is -2.83. The van der Waals surface area contributed by atoms with Gasteiger partial charge >= 0.3 is 5.69 Å². The number of benzene rings is 1. The van der Waals surface area contributed by atoms with Gasteiger partial charge in [-0.2, -0.15) is 5.10 Å². The van der Waals surface area contributed by atoms with Crippen LogP contribution in [0.5, 0.6) is 0 Å². The van der Waals surface area contributed by atoms with Crippen molar-refractivity contribution in [1.29, 1.82) is 0 Å². The molecule has 0 spiro atoms. The van der Waals surface area contributed by atoms with Gasteiger partial charge in [0.1, 0.15) is 0 Å². The normalized spacial score (nSPS) is 18.2. The summed E-state index contributed by atoms with van der Waals surface area (Å²) in [4.78, 5) is 31.4. The molecular weight excluding hydrogens is 306 g/mol. The van der Waals surface area contributed by atoms with Gasteiger partial charge < -0.3 is 14.9 Å². The second kappa shape index (κ2) is 5.67.